The van der Waals surface area contributed by atoms with Crippen molar-refractivity contribution in [3.8, 4) is 0 Å². The first kappa shape index (κ1) is 39.8. The molecule has 1 aliphatic rings. The lowest BCUT2D eigenvalue weighted by atomic mass is 10.0. The van der Waals surface area contributed by atoms with Crippen molar-refractivity contribution in [1.29, 1.82) is 0 Å². The summed E-state index contributed by atoms with van der Waals surface area (Å²) in [6.45, 7) is 16.4. The van der Waals surface area contributed by atoms with Crippen LogP contribution >= 0.6 is 22.7 Å². The molecule has 16 heteroatoms. The van der Waals surface area contributed by atoms with E-state index in [4.69, 9.17) is 9.47 Å². The van der Waals surface area contributed by atoms with Crippen molar-refractivity contribution in [2.75, 3.05) is 13.2 Å². The molecule has 0 aliphatic carbocycles. The number of hydrogen-bond donors (Lipinski definition) is 4. The van der Waals surface area contributed by atoms with Gasteiger partial charge in [-0.25, -0.2) is 19.6 Å². The molecule has 4 amide bonds. The molecule has 0 unspecified atom stereocenters. The Balaban J connectivity index is 1.74. The van der Waals surface area contributed by atoms with Crippen molar-refractivity contribution in [3.05, 3.63) is 32.2 Å². The summed E-state index contributed by atoms with van der Waals surface area (Å²) in [7, 11) is 0. The maximum atomic E-state index is 13.9. The van der Waals surface area contributed by atoms with Gasteiger partial charge in [0, 0.05) is 17.3 Å². The van der Waals surface area contributed by atoms with Crippen molar-refractivity contribution in [2.24, 2.45) is 11.8 Å². The second kappa shape index (κ2) is 17.3. The molecule has 4 N–H and O–H groups in total. The lowest BCUT2D eigenvalue weighted by Crippen LogP contribution is -2.59. The summed E-state index contributed by atoms with van der Waals surface area (Å²) in [6, 6.07) is -3.14. The summed E-state index contributed by atoms with van der Waals surface area (Å²) in [5, 5.41) is 22.9. The van der Waals surface area contributed by atoms with Gasteiger partial charge in [-0.2, -0.15) is 0 Å². The van der Waals surface area contributed by atoms with Crippen LogP contribution in [0.2, 0.25) is 0 Å². The van der Waals surface area contributed by atoms with E-state index < -0.39 is 59.7 Å². The summed E-state index contributed by atoms with van der Waals surface area (Å²) in [5.74, 6) is -2.05. The molecule has 5 atom stereocenters. The van der Waals surface area contributed by atoms with Gasteiger partial charge in [-0.1, -0.05) is 27.7 Å². The number of aliphatic hydroxyl groups is 1. The van der Waals surface area contributed by atoms with E-state index in [0.717, 1.165) is 0 Å². The smallest absolute Gasteiger partial charge is 0.408 e. The first-order valence-electron chi connectivity index (χ1n) is 16.6. The van der Waals surface area contributed by atoms with E-state index in [1.807, 2.05) is 13.8 Å². The van der Waals surface area contributed by atoms with Crippen LogP contribution in [-0.2, 0) is 19.1 Å². The molecule has 0 spiro atoms. The third-order valence-corrected chi connectivity index (χ3v) is 9.46. The van der Waals surface area contributed by atoms with Crippen molar-refractivity contribution < 1.29 is 38.6 Å². The number of aliphatic hydroxyl groups excluding tert-OH is 1. The molecule has 3 heterocycles. The second-order valence-corrected chi connectivity index (χ2v) is 15.6. The van der Waals surface area contributed by atoms with Gasteiger partial charge in [0.05, 0.1) is 24.8 Å². The third-order valence-electron chi connectivity index (χ3n) is 7.56. The van der Waals surface area contributed by atoms with Gasteiger partial charge in [-0.15, -0.1) is 22.7 Å². The molecule has 2 aromatic rings. The molecule has 49 heavy (non-hydrogen) atoms. The topological polar surface area (TPSA) is 189 Å². The summed E-state index contributed by atoms with van der Waals surface area (Å²) in [4.78, 5) is 75.9. The standard InChI is InChI=1S/C33H50N6O8S2/c1-10-46-31(44)22-16-48-28(36-22)20(14-17(2)3)34-26(41)21-15-49-29(35-21)23-12-11-13-39(23)30(43)24(18(4)5)37-27(42)25(19(6)40)38-32(45)47-33(7,8)9/h15-20,23-25,40H,10-14H2,1-9H3,(H,34,41)(H,37,42)(H,38,45)/t19-,20+,23-,24-,25-/m0/s1. The minimum atomic E-state index is -1.35. The highest BCUT2D eigenvalue weighted by Gasteiger charge is 2.39. The number of thiazole rings is 2. The molecule has 0 bridgehead atoms. The fraction of sp³-hybridized carbons (Fsp3) is 0.667. The Morgan fingerprint density at radius 1 is 0.980 bits per heavy atom. The molecule has 0 saturated carbocycles. The van der Waals surface area contributed by atoms with Crippen LogP contribution in [0.4, 0.5) is 4.79 Å². The Morgan fingerprint density at radius 3 is 2.24 bits per heavy atom. The lowest BCUT2D eigenvalue weighted by molar-refractivity contribution is -0.139. The fourth-order valence-electron chi connectivity index (χ4n) is 5.28. The van der Waals surface area contributed by atoms with Crippen LogP contribution in [0, 0.1) is 11.8 Å². The largest absolute Gasteiger partial charge is 0.461 e. The molecule has 1 saturated heterocycles. The summed E-state index contributed by atoms with van der Waals surface area (Å²) in [6.07, 6.45) is -0.204. The maximum Gasteiger partial charge on any atom is 0.408 e. The number of amides is 4. The molecule has 0 radical (unpaired) electrons. The number of rotatable bonds is 14. The number of carbonyl (C=O) groups excluding carboxylic acids is 5. The van der Waals surface area contributed by atoms with Crippen LogP contribution in [0.5, 0.6) is 0 Å². The van der Waals surface area contributed by atoms with Gasteiger partial charge < -0.3 is 35.4 Å². The zero-order chi connectivity index (χ0) is 36.6. The highest BCUT2D eigenvalue weighted by atomic mass is 32.1. The molecule has 3 rings (SSSR count). The molecule has 2 aromatic heterocycles. The lowest BCUT2D eigenvalue weighted by Gasteiger charge is -2.32. The molecular weight excluding hydrogens is 673 g/mol. The van der Waals surface area contributed by atoms with Crippen LogP contribution in [0.1, 0.15) is 125 Å². The Bertz CT molecular complexity index is 1470. The number of ether oxygens (including phenoxy) is 2. The number of hydrogen-bond acceptors (Lipinski definition) is 12. The first-order valence-corrected chi connectivity index (χ1v) is 18.3. The number of alkyl carbamates (subject to hydrolysis) is 1. The van der Waals surface area contributed by atoms with Gasteiger partial charge in [0.2, 0.25) is 11.8 Å². The molecule has 0 aromatic carbocycles. The van der Waals surface area contributed by atoms with Gasteiger partial charge in [0.25, 0.3) is 5.91 Å². The van der Waals surface area contributed by atoms with Gasteiger partial charge >= 0.3 is 12.1 Å². The molecule has 1 fully saturated rings. The maximum absolute atomic E-state index is 13.9. The molecule has 14 nitrogen and oxygen atoms in total. The number of carbonyl (C=O) groups is 5. The molecular formula is C33H50N6O8S2. The van der Waals surface area contributed by atoms with Crippen LogP contribution < -0.4 is 16.0 Å². The first-order chi connectivity index (χ1) is 22.9. The third kappa shape index (κ3) is 11.2. The Hall–Kier alpha value is -3.63. The Morgan fingerprint density at radius 2 is 1.65 bits per heavy atom. The van der Waals surface area contributed by atoms with Crippen molar-refractivity contribution in [2.45, 2.75) is 117 Å². The van der Waals surface area contributed by atoms with Gasteiger partial charge in [-0.3, -0.25) is 14.4 Å². The van der Waals surface area contributed by atoms with E-state index in [1.54, 1.807) is 57.2 Å². The van der Waals surface area contributed by atoms with Gasteiger partial charge in [0.1, 0.15) is 33.4 Å². The number of nitrogens with zero attached hydrogens (tertiary/aromatic N) is 3. The highest BCUT2D eigenvalue weighted by molar-refractivity contribution is 7.10. The highest BCUT2D eigenvalue weighted by Crippen LogP contribution is 2.35. The number of aromatic nitrogens is 2. The van der Waals surface area contributed by atoms with Crippen LogP contribution in [-0.4, -0.2) is 86.7 Å². The van der Waals surface area contributed by atoms with E-state index in [1.165, 1.54) is 29.6 Å². The SMILES string of the molecule is CCOC(=O)c1csc([C@@H](CC(C)C)NC(=O)c2csc([C@@H]3CCCN3C(=O)[C@@H](NC(=O)[C@@H](NC(=O)OC(C)(C)C)[C@H](C)O)C(C)C)n2)n1. The average Bonchev–Trinajstić information content (AvgIpc) is 3.77. The predicted octanol–water partition coefficient (Wildman–Crippen LogP) is 4.37. The van der Waals surface area contributed by atoms with Crippen molar-refractivity contribution in [1.82, 2.24) is 30.8 Å². The van der Waals surface area contributed by atoms with Crippen LogP contribution in [0.15, 0.2) is 10.8 Å². The minimum Gasteiger partial charge on any atom is -0.461 e. The van der Waals surface area contributed by atoms with Gasteiger partial charge in [-0.05, 0) is 65.7 Å². The Labute approximate surface area is 295 Å². The normalized spacial score (nSPS) is 17.3. The van der Waals surface area contributed by atoms with Gasteiger partial charge in [0.15, 0.2) is 5.69 Å². The van der Waals surface area contributed by atoms with Crippen molar-refractivity contribution in [3.63, 3.8) is 0 Å². The predicted molar refractivity (Wildman–Crippen MR) is 185 cm³/mol. The van der Waals surface area contributed by atoms with E-state index in [-0.39, 0.29) is 35.7 Å². The Kier molecular flexibility index (Phi) is 14.1. The monoisotopic (exact) mass is 722 g/mol. The summed E-state index contributed by atoms with van der Waals surface area (Å²) in [5.41, 5.74) is -0.409. The van der Waals surface area contributed by atoms with E-state index in [9.17, 15) is 29.1 Å². The number of likely N-dealkylation sites (tertiary alicyclic amines) is 1. The van der Waals surface area contributed by atoms with E-state index in [0.29, 0.717) is 35.8 Å². The zero-order valence-electron chi connectivity index (χ0n) is 29.7. The second-order valence-electron chi connectivity index (χ2n) is 13.8. The minimum absolute atomic E-state index is 0.198. The number of esters is 1. The van der Waals surface area contributed by atoms with E-state index >= 15 is 0 Å². The molecule has 272 valence electrons. The molecule has 1 aliphatic heterocycles. The van der Waals surface area contributed by atoms with Crippen LogP contribution in [0.25, 0.3) is 0 Å². The van der Waals surface area contributed by atoms with Crippen LogP contribution in [0.3, 0.4) is 0 Å². The summed E-state index contributed by atoms with van der Waals surface area (Å²) < 4.78 is 10.3. The fourth-order valence-corrected chi connectivity index (χ4v) is 7.08. The summed E-state index contributed by atoms with van der Waals surface area (Å²) >= 11 is 2.56. The number of nitrogens with one attached hydrogen (secondary N) is 3. The zero-order valence-corrected chi connectivity index (χ0v) is 31.3. The van der Waals surface area contributed by atoms with Crippen molar-refractivity contribution >= 4 is 52.5 Å². The average molecular weight is 723 g/mol. The van der Waals surface area contributed by atoms with E-state index in [2.05, 4.69) is 25.9 Å². The quantitative estimate of drug-likeness (QED) is 0.204.